The van der Waals surface area contributed by atoms with E-state index < -0.39 is 0 Å². The highest BCUT2D eigenvalue weighted by Crippen LogP contribution is 2.21. The molecule has 0 saturated heterocycles. The van der Waals surface area contributed by atoms with Crippen molar-refractivity contribution in [3.63, 3.8) is 0 Å². The van der Waals surface area contributed by atoms with Gasteiger partial charge in [-0.2, -0.15) is 5.10 Å². The third-order valence-electron chi connectivity index (χ3n) is 3.56. The van der Waals surface area contributed by atoms with E-state index in [1.54, 1.807) is 7.11 Å². The van der Waals surface area contributed by atoms with Gasteiger partial charge in [-0.05, 0) is 32.3 Å². The highest BCUT2D eigenvalue weighted by atomic mass is 16.5. The zero-order valence-electron chi connectivity index (χ0n) is 11.2. The third kappa shape index (κ3) is 3.28. The van der Waals surface area contributed by atoms with Crippen molar-refractivity contribution in [1.82, 2.24) is 15.2 Å². The summed E-state index contributed by atoms with van der Waals surface area (Å²) in [6, 6.07) is 0.0759. The molecule has 0 aromatic carbocycles. The average Bonchev–Trinajstić information content (AvgIpc) is 2.82. The van der Waals surface area contributed by atoms with Gasteiger partial charge < -0.3 is 4.74 Å². The summed E-state index contributed by atoms with van der Waals surface area (Å²) in [5.41, 5.74) is 3.77. The molecular weight excluding hydrogens is 216 g/mol. The lowest BCUT2D eigenvalue weighted by Gasteiger charge is -2.35. The monoisotopic (exact) mass is 240 g/mol. The van der Waals surface area contributed by atoms with Crippen LogP contribution in [0.4, 0.5) is 0 Å². The minimum Gasteiger partial charge on any atom is -0.377 e. The average molecular weight is 240 g/mol. The lowest BCUT2D eigenvalue weighted by atomic mass is 9.89. The van der Waals surface area contributed by atoms with Crippen LogP contribution in [0, 0.1) is 0 Å². The first-order valence-corrected chi connectivity index (χ1v) is 6.12. The van der Waals surface area contributed by atoms with Crippen LogP contribution in [0.1, 0.15) is 32.8 Å². The van der Waals surface area contributed by atoms with E-state index in [2.05, 4.69) is 37.5 Å². The lowest BCUT2D eigenvalue weighted by molar-refractivity contribution is -0.0288. The van der Waals surface area contributed by atoms with Gasteiger partial charge in [0.25, 0.3) is 0 Å². The molecule has 0 bridgehead atoms. The van der Waals surface area contributed by atoms with Gasteiger partial charge in [-0.3, -0.25) is 16.0 Å². The maximum Gasteiger partial charge on any atom is 0.0817 e. The van der Waals surface area contributed by atoms with E-state index in [0.717, 1.165) is 19.4 Å². The Morgan fingerprint density at radius 2 is 2.29 bits per heavy atom. The molecule has 0 aliphatic carbocycles. The molecule has 2 unspecified atom stereocenters. The Labute approximate surface area is 103 Å². The Balaban J connectivity index is 2.75. The summed E-state index contributed by atoms with van der Waals surface area (Å²) in [4.78, 5) is 0. The van der Waals surface area contributed by atoms with Gasteiger partial charge in [0.1, 0.15) is 0 Å². The number of rotatable bonds is 7. The van der Waals surface area contributed by atoms with Crippen LogP contribution in [-0.2, 0) is 17.7 Å². The maximum absolute atomic E-state index is 5.64. The molecule has 0 aliphatic heterocycles. The lowest BCUT2D eigenvalue weighted by Crippen LogP contribution is -2.53. The van der Waals surface area contributed by atoms with E-state index in [9.17, 15) is 0 Å². The van der Waals surface area contributed by atoms with Crippen LogP contribution in [0.2, 0.25) is 0 Å². The predicted octanol–water partition coefficient (Wildman–Crippen LogP) is 1.09. The predicted molar refractivity (Wildman–Crippen MR) is 68.4 cm³/mol. The molecule has 2 atom stereocenters. The van der Waals surface area contributed by atoms with Gasteiger partial charge in [0.15, 0.2) is 0 Å². The van der Waals surface area contributed by atoms with E-state index in [1.165, 1.54) is 5.56 Å². The molecule has 1 rings (SSSR count). The number of ether oxygens (including phenoxy) is 1. The van der Waals surface area contributed by atoms with Gasteiger partial charge in [-0.15, -0.1) is 0 Å². The second-order valence-corrected chi connectivity index (χ2v) is 4.50. The molecule has 5 heteroatoms. The molecule has 0 spiro atoms. The molecule has 1 heterocycles. The van der Waals surface area contributed by atoms with Gasteiger partial charge in [-0.25, -0.2) is 0 Å². The number of nitrogens with one attached hydrogen (secondary N) is 1. The summed E-state index contributed by atoms with van der Waals surface area (Å²) < 4.78 is 7.49. The SMILES string of the molecule is CCn1cc(CC(NN)C(C)(CC)OC)cn1. The summed E-state index contributed by atoms with van der Waals surface area (Å²) in [5.74, 6) is 5.64. The Kier molecular flexibility index (Phi) is 5.11. The first-order chi connectivity index (χ1) is 8.09. The molecule has 1 aromatic rings. The molecule has 17 heavy (non-hydrogen) atoms. The Hall–Kier alpha value is -0.910. The number of hydrogen-bond donors (Lipinski definition) is 2. The Morgan fingerprint density at radius 1 is 1.59 bits per heavy atom. The molecule has 0 radical (unpaired) electrons. The van der Waals surface area contributed by atoms with Crippen molar-refractivity contribution in [2.75, 3.05) is 7.11 Å². The molecule has 3 N–H and O–H groups in total. The molecule has 5 nitrogen and oxygen atoms in total. The van der Waals surface area contributed by atoms with Crippen molar-refractivity contribution in [1.29, 1.82) is 0 Å². The van der Waals surface area contributed by atoms with Gasteiger partial charge in [0, 0.05) is 19.9 Å². The van der Waals surface area contributed by atoms with Crippen LogP contribution in [0.3, 0.4) is 0 Å². The van der Waals surface area contributed by atoms with E-state index in [4.69, 9.17) is 10.6 Å². The summed E-state index contributed by atoms with van der Waals surface area (Å²) in [6.07, 6.45) is 5.66. The zero-order chi connectivity index (χ0) is 12.9. The number of methoxy groups -OCH3 is 1. The Bertz CT molecular complexity index is 333. The fraction of sp³-hybridized carbons (Fsp3) is 0.750. The number of hydrazine groups is 1. The Morgan fingerprint density at radius 3 is 2.71 bits per heavy atom. The summed E-state index contributed by atoms with van der Waals surface area (Å²) in [7, 11) is 1.73. The second kappa shape index (κ2) is 6.14. The highest BCUT2D eigenvalue weighted by molar-refractivity contribution is 5.08. The molecular formula is C12H24N4O. The molecule has 1 aromatic heterocycles. The van der Waals surface area contributed by atoms with Crippen LogP contribution >= 0.6 is 0 Å². The standard InChI is InChI=1S/C12H24N4O/c1-5-12(3,17-4)11(15-13)7-10-8-14-16(6-2)9-10/h8-9,11,15H,5-7,13H2,1-4H3. The number of nitrogens with two attached hydrogens (primary N) is 1. The van der Waals surface area contributed by atoms with Crippen molar-refractivity contribution in [3.05, 3.63) is 18.0 Å². The van der Waals surface area contributed by atoms with Crippen LogP contribution < -0.4 is 11.3 Å². The third-order valence-corrected chi connectivity index (χ3v) is 3.56. The van der Waals surface area contributed by atoms with Crippen LogP contribution in [0.25, 0.3) is 0 Å². The minimum atomic E-state index is -0.261. The number of nitrogens with zero attached hydrogens (tertiary/aromatic N) is 2. The minimum absolute atomic E-state index is 0.0759. The summed E-state index contributed by atoms with van der Waals surface area (Å²) >= 11 is 0. The maximum atomic E-state index is 5.64. The smallest absolute Gasteiger partial charge is 0.0817 e. The van der Waals surface area contributed by atoms with Gasteiger partial charge in [0.05, 0.1) is 17.8 Å². The van der Waals surface area contributed by atoms with Crippen molar-refractivity contribution in [2.45, 2.75) is 51.8 Å². The quantitative estimate of drug-likeness (QED) is 0.553. The summed E-state index contributed by atoms with van der Waals surface area (Å²) in [6.45, 7) is 7.13. The number of hydrogen-bond acceptors (Lipinski definition) is 4. The van der Waals surface area contributed by atoms with Crippen molar-refractivity contribution < 1.29 is 4.74 Å². The topological polar surface area (TPSA) is 65.1 Å². The largest absolute Gasteiger partial charge is 0.377 e. The first kappa shape index (κ1) is 14.2. The highest BCUT2D eigenvalue weighted by Gasteiger charge is 2.32. The first-order valence-electron chi connectivity index (χ1n) is 6.12. The van der Waals surface area contributed by atoms with Crippen molar-refractivity contribution >= 4 is 0 Å². The molecule has 0 fully saturated rings. The van der Waals surface area contributed by atoms with E-state index in [1.807, 2.05) is 10.9 Å². The molecule has 0 amide bonds. The molecule has 0 aliphatic rings. The van der Waals surface area contributed by atoms with Gasteiger partial charge >= 0.3 is 0 Å². The number of aromatic nitrogens is 2. The van der Waals surface area contributed by atoms with Gasteiger partial charge in [0.2, 0.25) is 0 Å². The fourth-order valence-corrected chi connectivity index (χ4v) is 1.90. The van der Waals surface area contributed by atoms with E-state index >= 15 is 0 Å². The molecule has 98 valence electrons. The van der Waals surface area contributed by atoms with Gasteiger partial charge in [-0.1, -0.05) is 6.92 Å². The fourth-order valence-electron chi connectivity index (χ4n) is 1.90. The van der Waals surface area contributed by atoms with Crippen LogP contribution in [0.15, 0.2) is 12.4 Å². The summed E-state index contributed by atoms with van der Waals surface area (Å²) in [5, 5.41) is 4.26. The second-order valence-electron chi connectivity index (χ2n) is 4.50. The molecule has 0 saturated carbocycles. The van der Waals surface area contributed by atoms with E-state index in [-0.39, 0.29) is 11.6 Å². The normalized spacial score (nSPS) is 16.8. The van der Waals surface area contributed by atoms with Crippen LogP contribution in [-0.4, -0.2) is 28.5 Å². The number of aryl methyl sites for hydroxylation is 1. The van der Waals surface area contributed by atoms with Crippen LogP contribution in [0.5, 0.6) is 0 Å². The van der Waals surface area contributed by atoms with Crippen molar-refractivity contribution in [3.8, 4) is 0 Å². The van der Waals surface area contributed by atoms with E-state index in [0.29, 0.717) is 0 Å². The van der Waals surface area contributed by atoms with Crippen molar-refractivity contribution in [2.24, 2.45) is 5.84 Å². The zero-order valence-corrected chi connectivity index (χ0v) is 11.2.